The molecule has 0 unspecified atom stereocenters. The van der Waals surface area contributed by atoms with Crippen LogP contribution in [-0.4, -0.2) is 67.7 Å². The lowest BCUT2D eigenvalue weighted by molar-refractivity contribution is -0.131. The summed E-state index contributed by atoms with van der Waals surface area (Å²) in [6.07, 6.45) is 6.13. The van der Waals surface area contributed by atoms with Crippen LogP contribution in [0.25, 0.3) is 0 Å². The summed E-state index contributed by atoms with van der Waals surface area (Å²) >= 11 is 0. The molecule has 4 rings (SSSR count). The number of hydrogen-bond acceptors (Lipinski definition) is 4. The second kappa shape index (κ2) is 12.2. The first kappa shape index (κ1) is 25.9. The van der Waals surface area contributed by atoms with Crippen molar-refractivity contribution in [2.75, 3.05) is 39.3 Å². The molecular formula is C28H39N3O3S. The fourth-order valence-corrected chi connectivity index (χ4v) is 6.52. The van der Waals surface area contributed by atoms with E-state index in [1.807, 2.05) is 17.0 Å². The summed E-state index contributed by atoms with van der Waals surface area (Å²) < 4.78 is 27.6. The van der Waals surface area contributed by atoms with Crippen molar-refractivity contribution < 1.29 is 13.2 Å². The molecule has 190 valence electrons. The summed E-state index contributed by atoms with van der Waals surface area (Å²) in [6, 6.07) is 15.8. The molecule has 0 spiro atoms. The van der Waals surface area contributed by atoms with Crippen molar-refractivity contribution in [1.29, 1.82) is 0 Å². The minimum atomic E-state index is -3.43. The molecule has 0 atom stereocenters. The van der Waals surface area contributed by atoms with Crippen molar-refractivity contribution in [1.82, 2.24) is 14.1 Å². The maximum Gasteiger partial charge on any atom is 0.243 e. The van der Waals surface area contributed by atoms with Gasteiger partial charge in [-0.1, -0.05) is 54.8 Å². The van der Waals surface area contributed by atoms with Gasteiger partial charge in [0.25, 0.3) is 0 Å². The molecule has 2 fully saturated rings. The lowest BCUT2D eigenvalue weighted by Gasteiger charge is -2.22. The molecule has 0 N–H and O–H groups in total. The van der Waals surface area contributed by atoms with Crippen LogP contribution < -0.4 is 0 Å². The first-order valence-electron chi connectivity index (χ1n) is 13.1. The van der Waals surface area contributed by atoms with Crippen LogP contribution in [0.3, 0.4) is 0 Å². The standard InChI is InChI=1S/C28H39N3O3S/c1-24-7-9-26(10-8-24)23-29-17-6-18-30(22-21-29)28(32)16-13-25-11-14-27(15-12-25)35(33,34)31-19-4-2-3-5-20-31/h7-12,14-15H,2-6,13,16-23H2,1H3. The van der Waals surface area contributed by atoms with Crippen LogP contribution in [0.4, 0.5) is 0 Å². The molecule has 0 saturated carbocycles. The van der Waals surface area contributed by atoms with Gasteiger partial charge in [0.05, 0.1) is 4.90 Å². The molecule has 2 aromatic rings. The molecule has 35 heavy (non-hydrogen) atoms. The van der Waals surface area contributed by atoms with E-state index in [-0.39, 0.29) is 5.91 Å². The van der Waals surface area contributed by atoms with Gasteiger partial charge in [0.2, 0.25) is 15.9 Å². The van der Waals surface area contributed by atoms with Gasteiger partial charge in [0.15, 0.2) is 0 Å². The SMILES string of the molecule is Cc1ccc(CN2CCCN(C(=O)CCc3ccc(S(=O)(=O)N4CCCCCC4)cc3)CC2)cc1. The topological polar surface area (TPSA) is 60.9 Å². The van der Waals surface area contributed by atoms with Gasteiger partial charge in [-0.15, -0.1) is 0 Å². The monoisotopic (exact) mass is 497 g/mol. The molecule has 0 aliphatic carbocycles. The molecule has 0 bridgehead atoms. The number of nitrogens with zero attached hydrogens (tertiary/aromatic N) is 3. The zero-order chi connectivity index (χ0) is 24.7. The van der Waals surface area contributed by atoms with Gasteiger partial charge in [-0.05, 0) is 55.9 Å². The van der Waals surface area contributed by atoms with Crippen LogP contribution in [0.2, 0.25) is 0 Å². The normalized spacial score (nSPS) is 18.7. The average molecular weight is 498 g/mol. The third-order valence-corrected chi connectivity index (χ3v) is 9.13. The maximum atomic E-state index is 13.0. The molecule has 0 aromatic heterocycles. The van der Waals surface area contributed by atoms with Crippen molar-refractivity contribution >= 4 is 15.9 Å². The number of rotatable bonds is 7. The lowest BCUT2D eigenvalue weighted by Crippen LogP contribution is -2.35. The molecule has 2 aromatic carbocycles. The van der Waals surface area contributed by atoms with Crippen LogP contribution >= 0.6 is 0 Å². The van der Waals surface area contributed by atoms with Crippen molar-refractivity contribution in [3.05, 3.63) is 65.2 Å². The van der Waals surface area contributed by atoms with Crippen molar-refractivity contribution in [2.24, 2.45) is 0 Å². The van der Waals surface area contributed by atoms with Crippen LogP contribution in [0.1, 0.15) is 55.2 Å². The fraction of sp³-hybridized carbons (Fsp3) is 0.536. The third kappa shape index (κ3) is 7.15. The number of hydrogen-bond donors (Lipinski definition) is 0. The van der Waals surface area contributed by atoms with Gasteiger partial charge < -0.3 is 4.90 Å². The fourth-order valence-electron chi connectivity index (χ4n) is 5.00. The van der Waals surface area contributed by atoms with E-state index in [0.717, 1.165) is 70.4 Å². The highest BCUT2D eigenvalue weighted by molar-refractivity contribution is 7.89. The zero-order valence-corrected chi connectivity index (χ0v) is 21.8. The van der Waals surface area contributed by atoms with E-state index in [4.69, 9.17) is 0 Å². The van der Waals surface area contributed by atoms with Crippen LogP contribution in [0.5, 0.6) is 0 Å². The van der Waals surface area contributed by atoms with E-state index in [0.29, 0.717) is 30.8 Å². The Balaban J connectivity index is 1.26. The Morgan fingerprint density at radius 2 is 1.40 bits per heavy atom. The van der Waals surface area contributed by atoms with Gasteiger partial charge in [0.1, 0.15) is 0 Å². The summed E-state index contributed by atoms with van der Waals surface area (Å²) in [4.78, 5) is 17.7. The average Bonchev–Trinajstić information content (AvgIpc) is 3.28. The summed E-state index contributed by atoms with van der Waals surface area (Å²) in [5.41, 5.74) is 3.59. The molecule has 2 aliphatic heterocycles. The Hall–Kier alpha value is -2.22. The van der Waals surface area contributed by atoms with Crippen molar-refractivity contribution in [3.63, 3.8) is 0 Å². The Kier molecular flexibility index (Phi) is 8.98. The summed E-state index contributed by atoms with van der Waals surface area (Å²) in [7, 11) is -3.43. The van der Waals surface area contributed by atoms with Crippen LogP contribution in [0.15, 0.2) is 53.4 Å². The minimum Gasteiger partial charge on any atom is -0.341 e. The quantitative estimate of drug-likeness (QED) is 0.575. The summed E-state index contributed by atoms with van der Waals surface area (Å²) in [5, 5.41) is 0. The van der Waals surface area contributed by atoms with Gasteiger partial charge in [-0.25, -0.2) is 8.42 Å². The minimum absolute atomic E-state index is 0.184. The molecular weight excluding hydrogens is 458 g/mol. The molecule has 2 saturated heterocycles. The summed E-state index contributed by atoms with van der Waals surface area (Å²) in [5.74, 6) is 0.184. The first-order chi connectivity index (χ1) is 16.9. The third-order valence-electron chi connectivity index (χ3n) is 7.22. The van der Waals surface area contributed by atoms with Gasteiger partial charge in [-0.3, -0.25) is 9.69 Å². The van der Waals surface area contributed by atoms with Crippen LogP contribution in [0, 0.1) is 6.92 Å². The molecule has 7 heteroatoms. The maximum absolute atomic E-state index is 13.0. The van der Waals surface area contributed by atoms with E-state index in [1.54, 1.807) is 16.4 Å². The highest BCUT2D eigenvalue weighted by atomic mass is 32.2. The predicted octanol–water partition coefficient (Wildman–Crippen LogP) is 4.23. The number of carbonyl (C=O) groups excluding carboxylic acids is 1. The molecule has 0 radical (unpaired) electrons. The Labute approximate surface area is 211 Å². The second-order valence-corrected chi connectivity index (χ2v) is 11.9. The second-order valence-electron chi connectivity index (χ2n) is 9.96. The highest BCUT2D eigenvalue weighted by Gasteiger charge is 2.25. The van der Waals surface area contributed by atoms with Gasteiger partial charge in [0, 0.05) is 52.2 Å². The van der Waals surface area contributed by atoms with Crippen molar-refractivity contribution in [3.8, 4) is 0 Å². The van der Waals surface area contributed by atoms with E-state index < -0.39 is 10.0 Å². The van der Waals surface area contributed by atoms with E-state index in [2.05, 4.69) is 36.1 Å². The number of benzene rings is 2. The van der Waals surface area contributed by atoms with E-state index in [1.165, 1.54) is 11.1 Å². The first-order valence-corrected chi connectivity index (χ1v) is 14.5. The smallest absolute Gasteiger partial charge is 0.243 e. The number of amides is 1. The summed E-state index contributed by atoms with van der Waals surface area (Å²) in [6.45, 7) is 7.70. The number of aryl methyl sites for hydroxylation is 2. The van der Waals surface area contributed by atoms with E-state index in [9.17, 15) is 13.2 Å². The number of sulfonamides is 1. The largest absolute Gasteiger partial charge is 0.341 e. The van der Waals surface area contributed by atoms with Crippen molar-refractivity contribution in [2.45, 2.75) is 63.3 Å². The molecule has 2 heterocycles. The molecule has 1 amide bonds. The van der Waals surface area contributed by atoms with E-state index >= 15 is 0 Å². The number of carbonyl (C=O) groups is 1. The molecule has 6 nitrogen and oxygen atoms in total. The Bertz CT molecular complexity index is 1060. The van der Waals surface area contributed by atoms with Gasteiger partial charge in [-0.2, -0.15) is 4.31 Å². The van der Waals surface area contributed by atoms with Crippen LogP contribution in [-0.2, 0) is 27.8 Å². The predicted molar refractivity (Wildman–Crippen MR) is 140 cm³/mol. The Morgan fingerprint density at radius 3 is 2.09 bits per heavy atom. The Morgan fingerprint density at radius 1 is 0.743 bits per heavy atom. The zero-order valence-electron chi connectivity index (χ0n) is 21.0. The highest BCUT2D eigenvalue weighted by Crippen LogP contribution is 2.21. The van der Waals surface area contributed by atoms with Gasteiger partial charge >= 0.3 is 0 Å². The molecule has 2 aliphatic rings. The lowest BCUT2D eigenvalue weighted by atomic mass is 10.1.